The van der Waals surface area contributed by atoms with E-state index < -0.39 is 0 Å². The smallest absolute Gasteiger partial charge is 0.231 e. The van der Waals surface area contributed by atoms with Gasteiger partial charge >= 0.3 is 0 Å². The Bertz CT molecular complexity index is 708. The third kappa shape index (κ3) is 1.57. The molecule has 6 heteroatoms. The van der Waals surface area contributed by atoms with Crippen molar-refractivity contribution in [3.05, 3.63) is 35.5 Å². The number of aryl methyl sites for hydroxylation is 1. The van der Waals surface area contributed by atoms with Crippen molar-refractivity contribution in [2.24, 2.45) is 7.05 Å². The summed E-state index contributed by atoms with van der Waals surface area (Å²) in [4.78, 5) is 11.9. The summed E-state index contributed by atoms with van der Waals surface area (Å²) in [6.45, 7) is 0.252. The number of carbonyl (C=O) groups excluding carboxylic acids is 1. The van der Waals surface area contributed by atoms with Crippen LogP contribution < -0.4 is 14.8 Å². The average Bonchev–Trinajstić information content (AvgIpc) is 3.04. The van der Waals surface area contributed by atoms with E-state index >= 15 is 0 Å². The molecule has 2 aromatic rings. The van der Waals surface area contributed by atoms with Crippen molar-refractivity contribution in [2.45, 2.75) is 12.3 Å². The fourth-order valence-electron chi connectivity index (χ4n) is 2.77. The molecule has 1 N–H and O–H groups in total. The van der Waals surface area contributed by atoms with Gasteiger partial charge in [0.25, 0.3) is 0 Å². The van der Waals surface area contributed by atoms with Crippen LogP contribution in [0.3, 0.4) is 0 Å². The minimum absolute atomic E-state index is 0.00181. The standard InChI is InChI=1S/C14H13N3O3/c1-17-14-10(6-15-17)9(5-13(18)16-14)8-2-3-11-12(4-8)20-7-19-11/h2-4,6,9H,5,7H2,1H3,(H,16,18)/t9-/m0/s1. The molecule has 6 nitrogen and oxygen atoms in total. The predicted octanol–water partition coefficient (Wildman–Crippen LogP) is 1.62. The molecule has 1 aromatic carbocycles. The molecule has 1 aromatic heterocycles. The summed E-state index contributed by atoms with van der Waals surface area (Å²) in [6.07, 6.45) is 2.22. The molecule has 4 rings (SSSR count). The molecule has 1 atom stereocenters. The lowest BCUT2D eigenvalue weighted by Gasteiger charge is -2.23. The van der Waals surface area contributed by atoms with E-state index in [1.54, 1.807) is 4.68 Å². The maximum atomic E-state index is 11.9. The molecule has 0 radical (unpaired) electrons. The molecule has 1 amide bonds. The molecule has 0 saturated carbocycles. The van der Waals surface area contributed by atoms with Crippen LogP contribution in [0.2, 0.25) is 0 Å². The van der Waals surface area contributed by atoms with Crippen molar-refractivity contribution in [3.63, 3.8) is 0 Å². The van der Waals surface area contributed by atoms with Crippen molar-refractivity contribution < 1.29 is 14.3 Å². The second-order valence-corrected chi connectivity index (χ2v) is 4.99. The molecule has 0 spiro atoms. The Morgan fingerprint density at radius 1 is 1.35 bits per heavy atom. The number of amides is 1. The number of fused-ring (bicyclic) bond motifs is 2. The van der Waals surface area contributed by atoms with Crippen LogP contribution in [0.15, 0.2) is 24.4 Å². The van der Waals surface area contributed by atoms with Crippen molar-refractivity contribution in [1.82, 2.24) is 9.78 Å². The molecule has 20 heavy (non-hydrogen) atoms. The van der Waals surface area contributed by atoms with Crippen LogP contribution in [0.1, 0.15) is 23.5 Å². The zero-order chi connectivity index (χ0) is 13.7. The molecule has 102 valence electrons. The van der Waals surface area contributed by atoms with Crippen LogP contribution in [0.4, 0.5) is 5.82 Å². The number of aromatic nitrogens is 2. The van der Waals surface area contributed by atoms with Crippen LogP contribution in [0, 0.1) is 0 Å². The van der Waals surface area contributed by atoms with Gasteiger partial charge in [0, 0.05) is 24.9 Å². The fourth-order valence-corrected chi connectivity index (χ4v) is 2.77. The second kappa shape index (κ2) is 4.00. The molecule has 2 aliphatic rings. The lowest BCUT2D eigenvalue weighted by atomic mass is 9.87. The minimum atomic E-state index is 0.00181. The SMILES string of the molecule is Cn1ncc2c1NC(=O)C[C@H]2c1ccc2c(c1)OCO2. The van der Waals surface area contributed by atoms with E-state index in [-0.39, 0.29) is 18.6 Å². The number of anilines is 1. The summed E-state index contributed by atoms with van der Waals surface area (Å²) in [6, 6.07) is 5.82. The van der Waals surface area contributed by atoms with E-state index in [1.165, 1.54) is 0 Å². The summed E-state index contributed by atoms with van der Waals surface area (Å²) in [5.41, 5.74) is 2.07. The van der Waals surface area contributed by atoms with Gasteiger partial charge in [-0.2, -0.15) is 5.10 Å². The van der Waals surface area contributed by atoms with Gasteiger partial charge in [0.15, 0.2) is 11.5 Å². The van der Waals surface area contributed by atoms with E-state index in [1.807, 2.05) is 31.4 Å². The molecule has 3 heterocycles. The van der Waals surface area contributed by atoms with Gasteiger partial charge in [0.05, 0.1) is 6.20 Å². The number of rotatable bonds is 1. The molecule has 0 aliphatic carbocycles. The first-order valence-corrected chi connectivity index (χ1v) is 6.43. The number of ether oxygens (including phenoxy) is 2. The fraction of sp³-hybridized carbons (Fsp3) is 0.286. The van der Waals surface area contributed by atoms with Gasteiger partial charge in [-0.15, -0.1) is 0 Å². The molecule has 0 bridgehead atoms. The largest absolute Gasteiger partial charge is 0.454 e. The third-order valence-electron chi connectivity index (χ3n) is 3.79. The average molecular weight is 271 g/mol. The van der Waals surface area contributed by atoms with E-state index in [0.29, 0.717) is 6.42 Å². The highest BCUT2D eigenvalue weighted by Crippen LogP contribution is 2.41. The first kappa shape index (κ1) is 11.3. The van der Waals surface area contributed by atoms with Gasteiger partial charge in [-0.3, -0.25) is 9.48 Å². The normalized spacial score (nSPS) is 19.6. The topological polar surface area (TPSA) is 65.4 Å². The van der Waals surface area contributed by atoms with E-state index in [9.17, 15) is 4.79 Å². The molecule has 0 unspecified atom stereocenters. The maximum Gasteiger partial charge on any atom is 0.231 e. The highest BCUT2D eigenvalue weighted by molar-refractivity contribution is 5.94. The molecule has 2 aliphatic heterocycles. The lowest BCUT2D eigenvalue weighted by molar-refractivity contribution is -0.116. The van der Waals surface area contributed by atoms with Crippen LogP contribution in [-0.2, 0) is 11.8 Å². The predicted molar refractivity (Wildman–Crippen MR) is 70.9 cm³/mol. The van der Waals surface area contributed by atoms with Crippen LogP contribution in [-0.4, -0.2) is 22.5 Å². The lowest BCUT2D eigenvalue weighted by Crippen LogP contribution is -2.24. The van der Waals surface area contributed by atoms with Gasteiger partial charge in [0.1, 0.15) is 5.82 Å². The van der Waals surface area contributed by atoms with Gasteiger partial charge in [-0.1, -0.05) is 6.07 Å². The van der Waals surface area contributed by atoms with Crippen molar-refractivity contribution >= 4 is 11.7 Å². The van der Waals surface area contributed by atoms with Gasteiger partial charge in [-0.05, 0) is 17.7 Å². The monoisotopic (exact) mass is 271 g/mol. The second-order valence-electron chi connectivity index (χ2n) is 4.99. The molecular formula is C14H13N3O3. The Kier molecular flexibility index (Phi) is 2.26. The van der Waals surface area contributed by atoms with Gasteiger partial charge in [-0.25, -0.2) is 0 Å². The zero-order valence-corrected chi connectivity index (χ0v) is 10.9. The number of hydrogen-bond acceptors (Lipinski definition) is 4. The molecule has 0 fully saturated rings. The van der Waals surface area contributed by atoms with Crippen molar-refractivity contribution in [3.8, 4) is 11.5 Å². The highest BCUT2D eigenvalue weighted by atomic mass is 16.7. The summed E-state index contributed by atoms with van der Waals surface area (Å²) in [7, 11) is 1.82. The molecular weight excluding hydrogens is 258 g/mol. The number of hydrogen-bond donors (Lipinski definition) is 1. The van der Waals surface area contributed by atoms with Crippen molar-refractivity contribution in [2.75, 3.05) is 12.1 Å². The minimum Gasteiger partial charge on any atom is -0.454 e. The summed E-state index contributed by atoms with van der Waals surface area (Å²) in [5, 5.41) is 7.09. The summed E-state index contributed by atoms with van der Waals surface area (Å²) < 4.78 is 12.4. The van der Waals surface area contributed by atoms with E-state index in [4.69, 9.17) is 9.47 Å². The Hall–Kier alpha value is -2.50. The number of benzene rings is 1. The van der Waals surface area contributed by atoms with Gasteiger partial charge < -0.3 is 14.8 Å². The van der Waals surface area contributed by atoms with Crippen LogP contribution in [0.5, 0.6) is 11.5 Å². The Morgan fingerprint density at radius 2 is 2.20 bits per heavy atom. The number of nitrogens with zero attached hydrogens (tertiary/aromatic N) is 2. The van der Waals surface area contributed by atoms with Crippen LogP contribution in [0.25, 0.3) is 0 Å². The Labute approximate surface area is 115 Å². The Balaban J connectivity index is 1.80. The van der Waals surface area contributed by atoms with Crippen molar-refractivity contribution in [1.29, 1.82) is 0 Å². The maximum absolute atomic E-state index is 11.9. The number of carbonyl (C=O) groups is 1. The zero-order valence-electron chi connectivity index (χ0n) is 10.9. The highest BCUT2D eigenvalue weighted by Gasteiger charge is 2.30. The quantitative estimate of drug-likeness (QED) is 0.856. The summed E-state index contributed by atoms with van der Waals surface area (Å²) in [5.74, 6) is 2.26. The Morgan fingerprint density at radius 3 is 3.10 bits per heavy atom. The summed E-state index contributed by atoms with van der Waals surface area (Å²) >= 11 is 0. The van der Waals surface area contributed by atoms with Gasteiger partial charge in [0.2, 0.25) is 12.7 Å². The number of nitrogens with one attached hydrogen (secondary N) is 1. The first-order chi connectivity index (χ1) is 9.72. The van der Waals surface area contributed by atoms with E-state index in [0.717, 1.165) is 28.4 Å². The van der Waals surface area contributed by atoms with Crippen LogP contribution >= 0.6 is 0 Å². The molecule has 0 saturated heterocycles. The first-order valence-electron chi connectivity index (χ1n) is 6.43. The van der Waals surface area contributed by atoms with E-state index in [2.05, 4.69) is 10.4 Å². The third-order valence-corrected chi connectivity index (χ3v) is 3.79.